The highest BCUT2D eigenvalue weighted by atomic mass is 35.5. The first-order valence-corrected chi connectivity index (χ1v) is 12.8. The van der Waals surface area contributed by atoms with Crippen LogP contribution in [0.15, 0.2) is 36.8 Å². The number of nitrogen functional groups attached to an aromatic ring is 1. The summed E-state index contributed by atoms with van der Waals surface area (Å²) in [6, 6.07) is 3.70. The topological polar surface area (TPSA) is 95.5 Å². The molecule has 0 saturated carbocycles. The molecular weight excluding hydrogens is 539 g/mol. The Balaban J connectivity index is 1.49. The first kappa shape index (κ1) is 27.9. The number of aromatic nitrogens is 3. The van der Waals surface area contributed by atoms with Crippen LogP contribution in [0.4, 0.5) is 19.4 Å². The number of nitrogens with two attached hydrogens (primary N) is 1. The van der Waals surface area contributed by atoms with E-state index in [2.05, 4.69) is 10.1 Å². The molecule has 0 unspecified atom stereocenters. The van der Waals surface area contributed by atoms with Crippen molar-refractivity contribution in [3.63, 3.8) is 0 Å². The Morgan fingerprint density at radius 1 is 1.24 bits per heavy atom. The highest BCUT2D eigenvalue weighted by Gasteiger charge is 2.35. The number of pyridine rings is 1. The summed E-state index contributed by atoms with van der Waals surface area (Å²) in [6.07, 6.45) is 2.64. The molecule has 2 aromatic heterocycles. The Bertz CT molecular complexity index is 1330. The summed E-state index contributed by atoms with van der Waals surface area (Å²) in [7, 11) is 0. The minimum atomic E-state index is -1.32. The molecule has 38 heavy (non-hydrogen) atoms. The van der Waals surface area contributed by atoms with Gasteiger partial charge in [0.25, 0.3) is 0 Å². The highest BCUT2D eigenvalue weighted by Crippen LogP contribution is 2.37. The molecule has 12 heteroatoms. The van der Waals surface area contributed by atoms with Crippen molar-refractivity contribution in [2.75, 3.05) is 18.8 Å². The minimum Gasteiger partial charge on any atom is -0.482 e. The summed E-state index contributed by atoms with van der Waals surface area (Å²) >= 11 is 12.3. The Morgan fingerprint density at radius 3 is 2.66 bits per heavy atom. The number of ether oxygens (including phenoxy) is 2. The third-order valence-corrected chi connectivity index (χ3v) is 6.82. The van der Waals surface area contributed by atoms with Crippen molar-refractivity contribution in [1.82, 2.24) is 19.7 Å². The van der Waals surface area contributed by atoms with Gasteiger partial charge in [-0.15, -0.1) is 0 Å². The molecular formula is C26H29Cl2F2N5O3. The van der Waals surface area contributed by atoms with E-state index in [4.69, 9.17) is 38.4 Å². The predicted molar refractivity (Wildman–Crippen MR) is 142 cm³/mol. The molecule has 4 rings (SSSR count). The Morgan fingerprint density at radius 2 is 1.97 bits per heavy atom. The number of alkyl halides is 1. The van der Waals surface area contributed by atoms with Crippen LogP contribution in [0, 0.1) is 5.82 Å². The Hall–Kier alpha value is -3.11. The lowest BCUT2D eigenvalue weighted by atomic mass is 10.0. The highest BCUT2D eigenvalue weighted by molar-refractivity contribution is 6.36. The maximum atomic E-state index is 15.1. The first-order chi connectivity index (χ1) is 17.8. The van der Waals surface area contributed by atoms with Crippen molar-refractivity contribution < 1.29 is 23.0 Å². The van der Waals surface area contributed by atoms with Crippen molar-refractivity contribution in [1.29, 1.82) is 0 Å². The molecule has 1 fully saturated rings. The first-order valence-electron chi connectivity index (χ1n) is 12.1. The summed E-state index contributed by atoms with van der Waals surface area (Å²) in [5, 5.41) is 4.48. The van der Waals surface area contributed by atoms with Gasteiger partial charge in [0.05, 0.1) is 23.8 Å². The summed E-state index contributed by atoms with van der Waals surface area (Å²) in [5.41, 5.74) is 6.96. The van der Waals surface area contributed by atoms with E-state index in [0.29, 0.717) is 24.1 Å². The molecule has 1 aliphatic rings. The van der Waals surface area contributed by atoms with Crippen LogP contribution in [0.1, 0.15) is 51.8 Å². The van der Waals surface area contributed by atoms with E-state index in [1.165, 1.54) is 17.0 Å². The summed E-state index contributed by atoms with van der Waals surface area (Å²) in [4.78, 5) is 17.9. The van der Waals surface area contributed by atoms with Crippen LogP contribution in [-0.4, -0.2) is 50.6 Å². The molecule has 2 N–H and O–H groups in total. The standard InChI is InChI=1S/C26H29Cl2F2N5O3/c1-14(22-17(27)5-6-18(29)23(22)28)37-21-9-15(10-32-24(21)31)16-11-33-35(12-16)20-7-8-34(13-19(20)30)25(36)38-26(2,3)4/h5-6,9-12,14,19-20H,7-8,13H2,1-4H3,(H2,31,32)/t14-,19+,20-/m1/s1. The number of rotatable bonds is 5. The summed E-state index contributed by atoms with van der Waals surface area (Å²) in [6.45, 7) is 7.24. The largest absolute Gasteiger partial charge is 0.482 e. The molecule has 0 spiro atoms. The van der Waals surface area contributed by atoms with Crippen LogP contribution in [0.2, 0.25) is 10.0 Å². The number of hydrogen-bond donors (Lipinski definition) is 1. The molecule has 204 valence electrons. The minimum absolute atomic E-state index is 0.0841. The molecule has 0 radical (unpaired) electrons. The van der Waals surface area contributed by atoms with Gasteiger partial charge in [-0.3, -0.25) is 4.68 Å². The second-order valence-corrected chi connectivity index (χ2v) is 10.9. The molecule has 1 aromatic carbocycles. The molecule has 1 aliphatic heterocycles. The molecule has 8 nitrogen and oxygen atoms in total. The molecule has 1 saturated heterocycles. The smallest absolute Gasteiger partial charge is 0.410 e. The van der Waals surface area contributed by atoms with E-state index in [1.54, 1.807) is 57.0 Å². The number of benzene rings is 1. The van der Waals surface area contributed by atoms with Crippen LogP contribution in [-0.2, 0) is 4.74 Å². The second kappa shape index (κ2) is 10.9. The number of anilines is 1. The molecule has 3 heterocycles. The van der Waals surface area contributed by atoms with Gasteiger partial charge in [-0.1, -0.05) is 23.2 Å². The van der Waals surface area contributed by atoms with Gasteiger partial charge in [0, 0.05) is 40.7 Å². The predicted octanol–water partition coefficient (Wildman–Crippen LogP) is 6.63. The van der Waals surface area contributed by atoms with Gasteiger partial charge >= 0.3 is 6.09 Å². The van der Waals surface area contributed by atoms with E-state index >= 15 is 4.39 Å². The lowest BCUT2D eigenvalue weighted by molar-refractivity contribution is 0.00576. The fourth-order valence-corrected chi connectivity index (χ4v) is 4.90. The van der Waals surface area contributed by atoms with Gasteiger partial charge in [0.1, 0.15) is 23.7 Å². The lowest BCUT2D eigenvalue weighted by Crippen LogP contribution is -2.47. The van der Waals surface area contributed by atoms with Gasteiger partial charge in [-0.05, 0) is 52.3 Å². The number of amides is 1. The van der Waals surface area contributed by atoms with Crippen molar-refractivity contribution in [2.45, 2.75) is 58.0 Å². The normalized spacial score (nSPS) is 18.8. The SMILES string of the molecule is C[C@@H](Oc1cc(-c2cnn([C@@H]3CCN(C(=O)OC(C)(C)C)C[C@@H]3F)c2)cnc1N)c1c(Cl)ccc(F)c1Cl. The third-order valence-electron chi connectivity index (χ3n) is 6.10. The maximum absolute atomic E-state index is 15.1. The zero-order valence-electron chi connectivity index (χ0n) is 21.4. The summed E-state index contributed by atoms with van der Waals surface area (Å²) < 4.78 is 42.0. The second-order valence-electron chi connectivity index (χ2n) is 10.1. The van der Waals surface area contributed by atoms with Crippen molar-refractivity contribution in [2.24, 2.45) is 0 Å². The van der Waals surface area contributed by atoms with Crippen LogP contribution in [0.3, 0.4) is 0 Å². The Labute approximate surface area is 229 Å². The molecule has 3 atom stereocenters. The van der Waals surface area contributed by atoms with Gasteiger partial charge < -0.3 is 20.1 Å². The number of nitrogens with zero attached hydrogens (tertiary/aromatic N) is 4. The van der Waals surface area contributed by atoms with Crippen LogP contribution in [0.5, 0.6) is 5.75 Å². The molecule has 3 aromatic rings. The van der Waals surface area contributed by atoms with Crippen molar-refractivity contribution in [3.05, 3.63) is 58.2 Å². The summed E-state index contributed by atoms with van der Waals surface area (Å²) in [5.74, 6) is -0.250. The van der Waals surface area contributed by atoms with Crippen LogP contribution < -0.4 is 10.5 Å². The van der Waals surface area contributed by atoms with E-state index < -0.39 is 35.8 Å². The average molecular weight is 568 g/mol. The number of carbonyl (C=O) groups excluding carboxylic acids is 1. The van der Waals surface area contributed by atoms with Crippen LogP contribution >= 0.6 is 23.2 Å². The van der Waals surface area contributed by atoms with E-state index in [1.807, 2.05) is 0 Å². The van der Waals surface area contributed by atoms with E-state index in [0.717, 1.165) is 0 Å². The van der Waals surface area contributed by atoms with Crippen molar-refractivity contribution >= 4 is 35.1 Å². The maximum Gasteiger partial charge on any atom is 0.410 e. The zero-order chi connectivity index (χ0) is 27.8. The third kappa shape index (κ3) is 6.13. The van der Waals surface area contributed by atoms with Crippen molar-refractivity contribution in [3.8, 4) is 16.9 Å². The van der Waals surface area contributed by atoms with E-state index in [9.17, 15) is 9.18 Å². The van der Waals surface area contributed by atoms with Gasteiger partial charge in [0.2, 0.25) is 0 Å². The molecule has 1 amide bonds. The van der Waals surface area contributed by atoms with Gasteiger partial charge in [-0.2, -0.15) is 5.10 Å². The van der Waals surface area contributed by atoms with Gasteiger partial charge in [-0.25, -0.2) is 18.6 Å². The Kier molecular flexibility index (Phi) is 8.04. The quantitative estimate of drug-likeness (QED) is 0.347. The number of likely N-dealkylation sites (tertiary alicyclic amines) is 1. The van der Waals surface area contributed by atoms with E-state index in [-0.39, 0.29) is 33.7 Å². The fourth-order valence-electron chi connectivity index (χ4n) is 4.22. The van der Waals surface area contributed by atoms with Gasteiger partial charge in [0.15, 0.2) is 11.6 Å². The zero-order valence-corrected chi connectivity index (χ0v) is 22.9. The molecule has 0 aliphatic carbocycles. The fraction of sp³-hybridized carbons (Fsp3) is 0.423. The number of hydrogen-bond acceptors (Lipinski definition) is 6. The number of piperidine rings is 1. The molecule has 0 bridgehead atoms. The number of carbonyl (C=O) groups is 1. The lowest BCUT2D eigenvalue weighted by Gasteiger charge is -2.35. The number of halogens is 4. The van der Waals surface area contributed by atoms with Crippen LogP contribution in [0.25, 0.3) is 11.1 Å². The monoisotopic (exact) mass is 567 g/mol. The average Bonchev–Trinajstić information content (AvgIpc) is 3.32.